The van der Waals surface area contributed by atoms with Crippen molar-refractivity contribution < 1.29 is 13.2 Å². The molecule has 0 spiro atoms. The van der Waals surface area contributed by atoms with E-state index in [1.54, 1.807) is 0 Å². The van der Waals surface area contributed by atoms with E-state index in [0.717, 1.165) is 31.0 Å². The van der Waals surface area contributed by atoms with Gasteiger partial charge in [0.15, 0.2) is 0 Å². The molecule has 2 fully saturated rings. The van der Waals surface area contributed by atoms with Crippen LogP contribution in [0.1, 0.15) is 12.1 Å². The van der Waals surface area contributed by atoms with Crippen molar-refractivity contribution in [2.75, 3.05) is 37.4 Å². The van der Waals surface area contributed by atoms with Crippen LogP contribution in [0.25, 0.3) is 0 Å². The van der Waals surface area contributed by atoms with Crippen LogP contribution in [-0.2, 0) is 14.8 Å². The van der Waals surface area contributed by atoms with E-state index in [1.807, 2.05) is 25.1 Å². The van der Waals surface area contributed by atoms with Crippen molar-refractivity contribution in [2.45, 2.75) is 19.4 Å². The standard InChI is InChI=1S/C15H23N3O3S/c1-11-4-3-5-15(17-11)18-7-6-13-12(9-18)10-21-14(13)8-16-22(2,19)20/h3-5,12-14,16H,6-10H2,1-2H3/t12-,13-,14+/m1/s1. The Bertz CT molecular complexity index is 635. The highest BCUT2D eigenvalue weighted by Gasteiger charge is 2.41. The van der Waals surface area contributed by atoms with Gasteiger partial charge in [0.05, 0.1) is 19.0 Å². The van der Waals surface area contributed by atoms with Crippen LogP contribution in [-0.4, -0.2) is 52.0 Å². The smallest absolute Gasteiger partial charge is 0.208 e. The molecule has 0 bridgehead atoms. The van der Waals surface area contributed by atoms with Gasteiger partial charge in [0.1, 0.15) is 5.82 Å². The van der Waals surface area contributed by atoms with Gasteiger partial charge in [-0.15, -0.1) is 0 Å². The van der Waals surface area contributed by atoms with Gasteiger partial charge in [-0.3, -0.25) is 0 Å². The maximum absolute atomic E-state index is 11.2. The monoisotopic (exact) mass is 325 g/mol. The van der Waals surface area contributed by atoms with Gasteiger partial charge >= 0.3 is 0 Å². The van der Waals surface area contributed by atoms with E-state index in [1.165, 1.54) is 6.26 Å². The molecule has 0 radical (unpaired) electrons. The van der Waals surface area contributed by atoms with Crippen LogP contribution in [0.3, 0.4) is 0 Å². The first kappa shape index (κ1) is 15.7. The predicted molar refractivity (Wildman–Crippen MR) is 85.4 cm³/mol. The van der Waals surface area contributed by atoms with Crippen LogP contribution in [0.4, 0.5) is 5.82 Å². The number of nitrogens with zero attached hydrogens (tertiary/aromatic N) is 2. The fourth-order valence-corrected chi connectivity index (χ4v) is 3.91. The molecule has 7 heteroatoms. The summed E-state index contributed by atoms with van der Waals surface area (Å²) >= 11 is 0. The molecule has 1 aromatic rings. The Morgan fingerprint density at radius 2 is 2.27 bits per heavy atom. The fourth-order valence-electron chi connectivity index (χ4n) is 3.44. The highest BCUT2D eigenvalue weighted by atomic mass is 32.2. The Labute approximate surface area is 131 Å². The van der Waals surface area contributed by atoms with Crippen LogP contribution in [0.2, 0.25) is 0 Å². The Hall–Kier alpha value is -1.18. The quantitative estimate of drug-likeness (QED) is 0.886. The van der Waals surface area contributed by atoms with Crippen molar-refractivity contribution >= 4 is 15.8 Å². The predicted octanol–water partition coefficient (Wildman–Crippen LogP) is 0.781. The van der Waals surface area contributed by atoms with Crippen molar-refractivity contribution in [3.05, 3.63) is 23.9 Å². The van der Waals surface area contributed by atoms with Crippen molar-refractivity contribution in [3.8, 4) is 0 Å². The molecule has 0 amide bonds. The third kappa shape index (κ3) is 3.59. The first-order valence-electron chi connectivity index (χ1n) is 7.67. The first-order chi connectivity index (χ1) is 10.4. The van der Waals surface area contributed by atoms with E-state index >= 15 is 0 Å². The van der Waals surface area contributed by atoms with Gasteiger partial charge in [-0.1, -0.05) is 6.07 Å². The van der Waals surface area contributed by atoms with Crippen LogP contribution in [0, 0.1) is 18.8 Å². The summed E-state index contributed by atoms with van der Waals surface area (Å²) in [6.45, 7) is 4.94. The summed E-state index contributed by atoms with van der Waals surface area (Å²) in [4.78, 5) is 6.90. The number of ether oxygens (including phenoxy) is 1. The molecule has 3 rings (SSSR count). The Morgan fingerprint density at radius 1 is 1.45 bits per heavy atom. The molecule has 2 aliphatic rings. The van der Waals surface area contributed by atoms with Gasteiger partial charge in [0.25, 0.3) is 0 Å². The highest BCUT2D eigenvalue weighted by Crippen LogP contribution is 2.35. The van der Waals surface area contributed by atoms with Gasteiger partial charge in [-0.25, -0.2) is 18.1 Å². The number of aryl methyl sites for hydroxylation is 1. The van der Waals surface area contributed by atoms with Gasteiger partial charge in [0.2, 0.25) is 10.0 Å². The molecule has 122 valence electrons. The number of piperidine rings is 1. The lowest BCUT2D eigenvalue weighted by molar-refractivity contribution is 0.0930. The summed E-state index contributed by atoms with van der Waals surface area (Å²) in [5, 5.41) is 0. The zero-order valence-electron chi connectivity index (χ0n) is 13.0. The second kappa shape index (κ2) is 6.14. The second-order valence-corrected chi connectivity index (χ2v) is 8.12. The van der Waals surface area contributed by atoms with E-state index in [4.69, 9.17) is 4.74 Å². The summed E-state index contributed by atoms with van der Waals surface area (Å²) in [6.07, 6.45) is 2.19. The summed E-state index contributed by atoms with van der Waals surface area (Å²) < 4.78 is 30.9. The number of rotatable bonds is 4. The molecule has 3 heterocycles. The highest BCUT2D eigenvalue weighted by molar-refractivity contribution is 7.88. The summed E-state index contributed by atoms with van der Waals surface area (Å²) in [5.74, 6) is 1.90. The van der Waals surface area contributed by atoms with Crippen LogP contribution in [0.5, 0.6) is 0 Å². The normalized spacial score (nSPS) is 28.6. The van der Waals surface area contributed by atoms with Gasteiger partial charge in [-0.05, 0) is 31.4 Å². The maximum atomic E-state index is 11.2. The molecule has 22 heavy (non-hydrogen) atoms. The Kier molecular flexibility index (Phi) is 4.38. The number of aromatic nitrogens is 1. The minimum atomic E-state index is -3.16. The van der Waals surface area contributed by atoms with E-state index in [0.29, 0.717) is 25.0 Å². The molecular formula is C15H23N3O3S. The SMILES string of the molecule is Cc1cccc(N2CC[C@@H]3[C@@H](CO[C@H]3CNS(C)(=O)=O)C2)n1. The molecule has 0 unspecified atom stereocenters. The maximum Gasteiger partial charge on any atom is 0.208 e. The fraction of sp³-hybridized carbons (Fsp3) is 0.667. The molecule has 1 aromatic heterocycles. The topological polar surface area (TPSA) is 71.5 Å². The lowest BCUT2D eigenvalue weighted by Crippen LogP contribution is -2.44. The van der Waals surface area contributed by atoms with Crippen LogP contribution < -0.4 is 9.62 Å². The number of pyridine rings is 1. The van der Waals surface area contributed by atoms with Crippen LogP contribution >= 0.6 is 0 Å². The number of hydrogen-bond acceptors (Lipinski definition) is 5. The molecular weight excluding hydrogens is 302 g/mol. The Morgan fingerprint density at radius 3 is 3.00 bits per heavy atom. The number of anilines is 1. The van der Waals surface area contributed by atoms with Crippen LogP contribution in [0.15, 0.2) is 18.2 Å². The molecule has 0 aliphatic carbocycles. The number of sulfonamides is 1. The van der Waals surface area contributed by atoms with Gasteiger partial charge in [0, 0.05) is 31.2 Å². The number of fused-ring (bicyclic) bond motifs is 1. The van der Waals surface area contributed by atoms with Crippen molar-refractivity contribution in [1.29, 1.82) is 0 Å². The average molecular weight is 325 g/mol. The summed E-state index contributed by atoms with van der Waals surface area (Å²) in [5.41, 5.74) is 1.03. The van der Waals surface area contributed by atoms with E-state index < -0.39 is 10.0 Å². The Balaban J connectivity index is 1.62. The largest absolute Gasteiger partial charge is 0.376 e. The molecule has 6 nitrogen and oxygen atoms in total. The molecule has 0 aromatic carbocycles. The third-order valence-electron chi connectivity index (χ3n) is 4.54. The lowest BCUT2D eigenvalue weighted by atomic mass is 9.84. The van der Waals surface area contributed by atoms with Crippen molar-refractivity contribution in [3.63, 3.8) is 0 Å². The van der Waals surface area contributed by atoms with E-state index in [-0.39, 0.29) is 6.10 Å². The van der Waals surface area contributed by atoms with E-state index in [9.17, 15) is 8.42 Å². The first-order valence-corrected chi connectivity index (χ1v) is 9.56. The summed E-state index contributed by atoms with van der Waals surface area (Å²) in [7, 11) is -3.16. The number of hydrogen-bond donors (Lipinski definition) is 1. The molecule has 0 saturated carbocycles. The minimum absolute atomic E-state index is 0.00709. The van der Waals surface area contributed by atoms with Crippen molar-refractivity contribution in [2.24, 2.45) is 11.8 Å². The van der Waals surface area contributed by atoms with Crippen molar-refractivity contribution in [1.82, 2.24) is 9.71 Å². The van der Waals surface area contributed by atoms with Gasteiger partial charge < -0.3 is 9.64 Å². The third-order valence-corrected chi connectivity index (χ3v) is 5.23. The van der Waals surface area contributed by atoms with Gasteiger partial charge in [-0.2, -0.15) is 0 Å². The second-order valence-electron chi connectivity index (χ2n) is 6.29. The lowest BCUT2D eigenvalue weighted by Gasteiger charge is -2.36. The number of nitrogens with one attached hydrogen (secondary N) is 1. The molecule has 2 aliphatic heterocycles. The molecule has 3 atom stereocenters. The zero-order chi connectivity index (χ0) is 15.7. The molecule has 1 N–H and O–H groups in total. The minimum Gasteiger partial charge on any atom is -0.376 e. The van der Waals surface area contributed by atoms with E-state index in [2.05, 4.69) is 14.6 Å². The average Bonchev–Trinajstić information content (AvgIpc) is 2.86. The summed E-state index contributed by atoms with van der Waals surface area (Å²) in [6, 6.07) is 6.08. The zero-order valence-corrected chi connectivity index (χ0v) is 13.8. The molecule has 2 saturated heterocycles.